The van der Waals surface area contributed by atoms with E-state index in [9.17, 15) is 9.59 Å². The summed E-state index contributed by atoms with van der Waals surface area (Å²) in [6.07, 6.45) is 7.91. The molecule has 1 aliphatic carbocycles. The van der Waals surface area contributed by atoms with Crippen LogP contribution in [-0.4, -0.2) is 41.0 Å². The Morgan fingerprint density at radius 3 is 2.75 bits per heavy atom. The van der Waals surface area contributed by atoms with Crippen LogP contribution in [0.25, 0.3) is 0 Å². The van der Waals surface area contributed by atoms with Gasteiger partial charge < -0.3 is 9.47 Å². The first-order chi connectivity index (χ1) is 13.4. The molecule has 0 bridgehead atoms. The second-order valence-corrected chi connectivity index (χ2v) is 8.92. The molecule has 1 amide bonds. The average Bonchev–Trinajstić information content (AvgIpc) is 3.10. The third kappa shape index (κ3) is 4.70. The van der Waals surface area contributed by atoms with Gasteiger partial charge in [-0.15, -0.1) is 11.3 Å². The van der Waals surface area contributed by atoms with Crippen LogP contribution < -0.4 is 10.9 Å². The Morgan fingerprint density at radius 1 is 1.36 bits per heavy atom. The Kier molecular flexibility index (Phi) is 6.67. The molecule has 1 saturated carbocycles. The van der Waals surface area contributed by atoms with Gasteiger partial charge in [0.25, 0.3) is 11.5 Å². The molecule has 0 aromatic carbocycles. The number of hydrogen-bond acceptors (Lipinski definition) is 5. The lowest BCUT2D eigenvalue weighted by molar-refractivity contribution is 0.102. The molecule has 1 fully saturated rings. The first-order valence-corrected chi connectivity index (χ1v) is 10.9. The lowest BCUT2D eigenvalue weighted by Gasteiger charge is -2.20. The van der Waals surface area contributed by atoms with E-state index in [0.717, 1.165) is 12.2 Å². The van der Waals surface area contributed by atoms with E-state index in [-0.39, 0.29) is 23.1 Å². The fraction of sp³-hybridized carbons (Fsp3) is 0.571. The van der Waals surface area contributed by atoms with E-state index in [4.69, 9.17) is 0 Å². The molecule has 28 heavy (non-hydrogen) atoms. The Hall–Kier alpha value is -1.99. The molecule has 152 valence electrons. The Bertz CT molecular complexity index is 881. The topological polar surface area (TPSA) is 67.2 Å². The van der Waals surface area contributed by atoms with Gasteiger partial charge in [0.1, 0.15) is 5.56 Å². The van der Waals surface area contributed by atoms with E-state index in [1.165, 1.54) is 43.4 Å². The van der Waals surface area contributed by atoms with Crippen LogP contribution in [0.4, 0.5) is 5.13 Å². The Morgan fingerprint density at radius 2 is 2.07 bits per heavy atom. The molecule has 0 aliphatic heterocycles. The van der Waals surface area contributed by atoms with Crippen LogP contribution in [-0.2, 0) is 0 Å². The zero-order valence-corrected chi connectivity index (χ0v) is 18.0. The van der Waals surface area contributed by atoms with E-state index in [1.807, 2.05) is 37.4 Å². The predicted molar refractivity (Wildman–Crippen MR) is 115 cm³/mol. The van der Waals surface area contributed by atoms with Crippen molar-refractivity contribution in [2.75, 3.05) is 26.0 Å². The van der Waals surface area contributed by atoms with Crippen LogP contribution in [0.5, 0.6) is 0 Å². The van der Waals surface area contributed by atoms with Crippen molar-refractivity contribution < 1.29 is 4.79 Å². The standard InChI is InChI=1S/C21H30N4O2S/c1-14-10-11-25(15(2)12-24(3)4)20(27)18(14)19(26)23-21-22-17(13-28-21)16-8-6-5-7-9-16/h10-11,13,15-16H,5-9,12H2,1-4H3,(H,22,23,26). The molecule has 1 aliphatic rings. The summed E-state index contributed by atoms with van der Waals surface area (Å²) in [4.78, 5) is 32.5. The van der Waals surface area contributed by atoms with Crippen LogP contribution in [0.3, 0.4) is 0 Å². The molecule has 0 radical (unpaired) electrons. The minimum atomic E-state index is -0.376. The van der Waals surface area contributed by atoms with Gasteiger partial charge in [0.05, 0.1) is 5.69 Å². The number of likely N-dealkylation sites (N-methyl/N-ethyl adjacent to an activating group) is 1. The highest BCUT2D eigenvalue weighted by atomic mass is 32.1. The molecule has 0 spiro atoms. The molecule has 1 N–H and O–H groups in total. The second kappa shape index (κ2) is 9.01. The van der Waals surface area contributed by atoms with E-state index < -0.39 is 0 Å². The molecule has 2 aromatic heterocycles. The van der Waals surface area contributed by atoms with Crippen molar-refractivity contribution in [3.05, 3.63) is 44.8 Å². The third-order valence-corrected chi connectivity index (χ3v) is 6.20. The van der Waals surface area contributed by atoms with Gasteiger partial charge in [0.2, 0.25) is 0 Å². The normalized spacial score (nSPS) is 16.3. The van der Waals surface area contributed by atoms with Crippen LogP contribution in [0.2, 0.25) is 0 Å². The van der Waals surface area contributed by atoms with Crippen molar-refractivity contribution in [2.45, 2.75) is 57.9 Å². The lowest BCUT2D eigenvalue weighted by atomic mass is 9.87. The molecule has 0 saturated heterocycles. The van der Waals surface area contributed by atoms with Crippen molar-refractivity contribution in [3.8, 4) is 0 Å². The van der Waals surface area contributed by atoms with Gasteiger partial charge in [0.15, 0.2) is 5.13 Å². The fourth-order valence-corrected chi connectivity index (χ4v) is 4.76. The fourth-order valence-electron chi connectivity index (χ4n) is 3.97. The average molecular weight is 403 g/mol. The number of hydrogen-bond donors (Lipinski definition) is 1. The number of carbonyl (C=O) groups is 1. The summed E-state index contributed by atoms with van der Waals surface area (Å²) in [5.41, 5.74) is 1.69. The van der Waals surface area contributed by atoms with Crippen molar-refractivity contribution >= 4 is 22.4 Å². The number of amides is 1. The summed E-state index contributed by atoms with van der Waals surface area (Å²) in [5, 5.41) is 5.46. The lowest BCUT2D eigenvalue weighted by Crippen LogP contribution is -2.34. The molecule has 2 aromatic rings. The Balaban J connectivity index is 1.79. The van der Waals surface area contributed by atoms with Gasteiger partial charge in [0, 0.05) is 30.1 Å². The summed E-state index contributed by atoms with van der Waals surface area (Å²) in [6.45, 7) is 4.50. The maximum Gasteiger partial charge on any atom is 0.263 e. The van der Waals surface area contributed by atoms with Gasteiger partial charge in [-0.25, -0.2) is 4.98 Å². The molecular formula is C21H30N4O2S. The van der Waals surface area contributed by atoms with Crippen molar-refractivity contribution in [1.82, 2.24) is 14.5 Å². The summed E-state index contributed by atoms with van der Waals surface area (Å²) < 4.78 is 1.64. The summed E-state index contributed by atoms with van der Waals surface area (Å²) in [6, 6.07) is 1.81. The summed E-state index contributed by atoms with van der Waals surface area (Å²) in [5.74, 6) is 0.122. The highest BCUT2D eigenvalue weighted by molar-refractivity contribution is 7.14. The maximum absolute atomic E-state index is 13.0. The highest BCUT2D eigenvalue weighted by Crippen LogP contribution is 2.34. The first-order valence-electron chi connectivity index (χ1n) is 10.00. The SMILES string of the molecule is Cc1ccn(C(C)CN(C)C)c(=O)c1C(=O)Nc1nc(C2CCCCC2)cs1. The van der Waals surface area contributed by atoms with Crippen LogP contribution in [0.1, 0.15) is 72.6 Å². The summed E-state index contributed by atoms with van der Waals surface area (Å²) >= 11 is 1.44. The zero-order chi connectivity index (χ0) is 20.3. The van der Waals surface area contributed by atoms with Crippen molar-refractivity contribution in [1.29, 1.82) is 0 Å². The number of rotatable bonds is 6. The number of aromatic nitrogens is 2. The zero-order valence-electron chi connectivity index (χ0n) is 17.2. The quantitative estimate of drug-likeness (QED) is 0.792. The number of carbonyl (C=O) groups excluding carboxylic acids is 1. The van der Waals surface area contributed by atoms with Crippen molar-refractivity contribution in [3.63, 3.8) is 0 Å². The number of pyridine rings is 1. The van der Waals surface area contributed by atoms with E-state index in [1.54, 1.807) is 17.7 Å². The van der Waals surface area contributed by atoms with Gasteiger partial charge in [-0.2, -0.15) is 0 Å². The number of nitrogens with one attached hydrogen (secondary N) is 1. The minimum absolute atomic E-state index is 0.0209. The minimum Gasteiger partial charge on any atom is -0.311 e. The predicted octanol–water partition coefficient (Wildman–Crippen LogP) is 4.04. The molecule has 1 unspecified atom stereocenters. The Labute approximate surface area is 170 Å². The molecule has 6 nitrogen and oxygen atoms in total. The van der Waals surface area contributed by atoms with Gasteiger partial charge in [-0.05, 0) is 52.4 Å². The van der Waals surface area contributed by atoms with Gasteiger partial charge in [-0.1, -0.05) is 19.3 Å². The second-order valence-electron chi connectivity index (χ2n) is 8.06. The third-order valence-electron chi connectivity index (χ3n) is 5.43. The molecule has 2 heterocycles. The van der Waals surface area contributed by atoms with Gasteiger partial charge in [-0.3, -0.25) is 14.9 Å². The van der Waals surface area contributed by atoms with Crippen LogP contribution >= 0.6 is 11.3 Å². The van der Waals surface area contributed by atoms with Gasteiger partial charge >= 0.3 is 0 Å². The van der Waals surface area contributed by atoms with E-state index in [2.05, 4.69) is 10.3 Å². The number of thiazole rings is 1. The van der Waals surface area contributed by atoms with Crippen molar-refractivity contribution in [2.24, 2.45) is 0 Å². The number of aryl methyl sites for hydroxylation is 1. The smallest absolute Gasteiger partial charge is 0.263 e. The van der Waals surface area contributed by atoms with E-state index >= 15 is 0 Å². The molecule has 3 rings (SSSR count). The van der Waals surface area contributed by atoms with Crippen LogP contribution in [0.15, 0.2) is 22.4 Å². The monoisotopic (exact) mass is 402 g/mol. The first kappa shape index (κ1) is 20.7. The maximum atomic E-state index is 13.0. The highest BCUT2D eigenvalue weighted by Gasteiger charge is 2.21. The molecule has 7 heteroatoms. The molecular weight excluding hydrogens is 372 g/mol. The largest absolute Gasteiger partial charge is 0.311 e. The van der Waals surface area contributed by atoms with Crippen LogP contribution in [0, 0.1) is 6.92 Å². The number of nitrogens with zero attached hydrogens (tertiary/aromatic N) is 3. The molecule has 1 atom stereocenters. The summed E-state index contributed by atoms with van der Waals surface area (Å²) in [7, 11) is 3.94. The van der Waals surface area contributed by atoms with E-state index in [0.29, 0.717) is 16.6 Å². The number of anilines is 1.